The summed E-state index contributed by atoms with van der Waals surface area (Å²) < 4.78 is 25.5. The molecule has 0 amide bonds. The minimum Gasteiger partial charge on any atom is -0.279 e. The van der Waals surface area contributed by atoms with Crippen LogP contribution in [0.3, 0.4) is 0 Å². The van der Waals surface area contributed by atoms with Crippen molar-refractivity contribution in [1.29, 1.82) is 0 Å². The number of hydrazone groups is 1. The van der Waals surface area contributed by atoms with Crippen LogP contribution in [0.4, 0.5) is 14.5 Å². The van der Waals surface area contributed by atoms with Gasteiger partial charge in [-0.25, -0.2) is 8.78 Å². The van der Waals surface area contributed by atoms with Gasteiger partial charge < -0.3 is 0 Å². The molecular weight excluding hydrogens is 222 g/mol. The highest BCUT2D eigenvalue weighted by atomic mass is 19.2. The van der Waals surface area contributed by atoms with Crippen molar-refractivity contribution in [1.82, 2.24) is 0 Å². The lowest BCUT2D eigenvalue weighted by Crippen LogP contribution is -1.92. The zero-order valence-electron chi connectivity index (χ0n) is 8.90. The number of para-hydroxylation sites is 1. The topological polar surface area (TPSA) is 24.4 Å². The summed E-state index contributed by atoms with van der Waals surface area (Å²) in [4.78, 5) is 0. The van der Waals surface area contributed by atoms with Gasteiger partial charge in [-0.2, -0.15) is 5.10 Å². The molecule has 0 unspecified atom stereocenters. The fraction of sp³-hybridized carbons (Fsp3) is 0. The Hall–Kier alpha value is -2.23. The molecule has 0 heterocycles. The summed E-state index contributed by atoms with van der Waals surface area (Å²) in [5.74, 6) is -1.74. The van der Waals surface area contributed by atoms with E-state index >= 15 is 0 Å². The minimum absolute atomic E-state index is 0.493. The number of halogens is 2. The van der Waals surface area contributed by atoms with Crippen LogP contribution >= 0.6 is 0 Å². The molecule has 4 heteroatoms. The average Bonchev–Trinajstić information content (AvgIpc) is 2.35. The fourth-order valence-corrected chi connectivity index (χ4v) is 1.29. The molecule has 2 aromatic rings. The second kappa shape index (κ2) is 5.21. The fourth-order valence-electron chi connectivity index (χ4n) is 1.29. The van der Waals surface area contributed by atoms with Crippen LogP contribution in [0.15, 0.2) is 53.6 Å². The molecule has 0 spiro atoms. The van der Waals surface area contributed by atoms with Crippen molar-refractivity contribution in [2.24, 2.45) is 5.10 Å². The van der Waals surface area contributed by atoms with Gasteiger partial charge in [0.15, 0.2) is 11.6 Å². The van der Waals surface area contributed by atoms with Gasteiger partial charge in [0.25, 0.3) is 0 Å². The van der Waals surface area contributed by atoms with Crippen LogP contribution < -0.4 is 5.43 Å². The lowest BCUT2D eigenvalue weighted by Gasteiger charge is -1.98. The summed E-state index contributed by atoms with van der Waals surface area (Å²) in [6, 6.07) is 12.9. The SMILES string of the molecule is Fc1ccc(/C=N\Nc2ccccc2)cc1F. The molecule has 0 saturated carbocycles. The lowest BCUT2D eigenvalue weighted by molar-refractivity contribution is 0.508. The summed E-state index contributed by atoms with van der Waals surface area (Å²) in [6.45, 7) is 0. The molecule has 0 radical (unpaired) electrons. The van der Waals surface area contributed by atoms with Crippen molar-refractivity contribution in [2.75, 3.05) is 5.43 Å². The average molecular weight is 232 g/mol. The molecule has 86 valence electrons. The largest absolute Gasteiger partial charge is 0.279 e. The van der Waals surface area contributed by atoms with Gasteiger partial charge >= 0.3 is 0 Å². The number of benzene rings is 2. The van der Waals surface area contributed by atoms with E-state index in [1.807, 2.05) is 30.3 Å². The highest BCUT2D eigenvalue weighted by molar-refractivity contribution is 5.80. The van der Waals surface area contributed by atoms with E-state index in [0.717, 1.165) is 17.8 Å². The van der Waals surface area contributed by atoms with E-state index in [1.165, 1.54) is 12.3 Å². The van der Waals surface area contributed by atoms with E-state index in [2.05, 4.69) is 10.5 Å². The van der Waals surface area contributed by atoms with Gasteiger partial charge in [0.05, 0.1) is 11.9 Å². The van der Waals surface area contributed by atoms with E-state index in [4.69, 9.17) is 0 Å². The monoisotopic (exact) mass is 232 g/mol. The smallest absolute Gasteiger partial charge is 0.159 e. The molecule has 0 aliphatic rings. The van der Waals surface area contributed by atoms with Gasteiger partial charge in [-0.3, -0.25) is 5.43 Å². The maximum Gasteiger partial charge on any atom is 0.159 e. The van der Waals surface area contributed by atoms with E-state index in [9.17, 15) is 8.78 Å². The molecule has 2 rings (SSSR count). The van der Waals surface area contributed by atoms with Crippen LogP contribution in [0, 0.1) is 11.6 Å². The van der Waals surface area contributed by atoms with Crippen molar-refractivity contribution in [3.8, 4) is 0 Å². The van der Waals surface area contributed by atoms with Crippen LogP contribution in [-0.2, 0) is 0 Å². The Bertz CT molecular complexity index is 524. The Balaban J connectivity index is 2.03. The maximum absolute atomic E-state index is 12.9. The van der Waals surface area contributed by atoms with Crippen molar-refractivity contribution >= 4 is 11.9 Å². The van der Waals surface area contributed by atoms with E-state index in [0.29, 0.717) is 5.56 Å². The van der Waals surface area contributed by atoms with Crippen LogP contribution in [0.25, 0.3) is 0 Å². The molecule has 2 nitrogen and oxygen atoms in total. The minimum atomic E-state index is -0.881. The first-order chi connectivity index (χ1) is 8.25. The molecule has 0 aliphatic heterocycles. The van der Waals surface area contributed by atoms with Gasteiger partial charge in [0.1, 0.15) is 0 Å². The molecule has 0 aliphatic carbocycles. The van der Waals surface area contributed by atoms with Gasteiger partial charge in [0.2, 0.25) is 0 Å². The number of nitrogens with zero attached hydrogens (tertiary/aromatic N) is 1. The zero-order valence-corrected chi connectivity index (χ0v) is 8.90. The lowest BCUT2D eigenvalue weighted by atomic mass is 10.2. The Morgan fingerprint density at radius 3 is 2.41 bits per heavy atom. The van der Waals surface area contributed by atoms with Crippen molar-refractivity contribution in [3.63, 3.8) is 0 Å². The summed E-state index contributed by atoms with van der Waals surface area (Å²) >= 11 is 0. The molecule has 0 atom stereocenters. The molecule has 17 heavy (non-hydrogen) atoms. The molecule has 1 N–H and O–H groups in total. The van der Waals surface area contributed by atoms with Crippen molar-refractivity contribution < 1.29 is 8.78 Å². The first-order valence-electron chi connectivity index (χ1n) is 5.05. The van der Waals surface area contributed by atoms with Crippen LogP contribution in [0.1, 0.15) is 5.56 Å². The predicted octanol–water partition coefficient (Wildman–Crippen LogP) is 3.41. The summed E-state index contributed by atoms with van der Waals surface area (Å²) in [6.07, 6.45) is 1.43. The summed E-state index contributed by atoms with van der Waals surface area (Å²) in [7, 11) is 0. The number of nitrogens with one attached hydrogen (secondary N) is 1. The third-order valence-electron chi connectivity index (χ3n) is 2.12. The Morgan fingerprint density at radius 1 is 0.941 bits per heavy atom. The van der Waals surface area contributed by atoms with Gasteiger partial charge in [0, 0.05) is 0 Å². The van der Waals surface area contributed by atoms with E-state index in [-0.39, 0.29) is 0 Å². The predicted molar refractivity (Wildman–Crippen MR) is 64.0 cm³/mol. The second-order valence-electron chi connectivity index (χ2n) is 3.41. The number of rotatable bonds is 3. The van der Waals surface area contributed by atoms with Crippen molar-refractivity contribution in [3.05, 3.63) is 65.7 Å². The Labute approximate surface area is 97.6 Å². The van der Waals surface area contributed by atoms with Gasteiger partial charge in [-0.05, 0) is 29.8 Å². The first-order valence-corrected chi connectivity index (χ1v) is 5.05. The number of anilines is 1. The second-order valence-corrected chi connectivity index (χ2v) is 3.41. The third-order valence-corrected chi connectivity index (χ3v) is 2.12. The molecule has 2 aromatic carbocycles. The van der Waals surface area contributed by atoms with E-state index in [1.54, 1.807) is 0 Å². The molecule has 0 aromatic heterocycles. The molecule has 0 saturated heterocycles. The van der Waals surface area contributed by atoms with Crippen LogP contribution in [0.2, 0.25) is 0 Å². The number of hydrogen-bond donors (Lipinski definition) is 1. The van der Waals surface area contributed by atoms with Gasteiger partial charge in [-0.1, -0.05) is 24.3 Å². The molecule has 0 fully saturated rings. The molecule has 0 bridgehead atoms. The summed E-state index contributed by atoms with van der Waals surface area (Å²) in [5, 5.41) is 3.92. The van der Waals surface area contributed by atoms with Crippen LogP contribution in [0.5, 0.6) is 0 Å². The zero-order chi connectivity index (χ0) is 12.1. The Kier molecular flexibility index (Phi) is 3.45. The Morgan fingerprint density at radius 2 is 1.71 bits per heavy atom. The first kappa shape index (κ1) is 11.3. The summed E-state index contributed by atoms with van der Waals surface area (Å²) in [5.41, 5.74) is 4.10. The highest BCUT2D eigenvalue weighted by Crippen LogP contribution is 2.08. The highest BCUT2D eigenvalue weighted by Gasteiger charge is 2.00. The standard InChI is InChI=1S/C13H10F2N2/c14-12-7-6-10(8-13(12)15)9-16-17-11-4-2-1-3-5-11/h1-9,17H/b16-9-. The number of hydrogen-bond acceptors (Lipinski definition) is 2. The normalized spacial score (nSPS) is 10.7. The van der Waals surface area contributed by atoms with Crippen molar-refractivity contribution in [2.45, 2.75) is 0 Å². The quantitative estimate of drug-likeness (QED) is 0.636. The maximum atomic E-state index is 12.9. The van der Waals surface area contributed by atoms with E-state index < -0.39 is 11.6 Å². The van der Waals surface area contributed by atoms with Gasteiger partial charge in [-0.15, -0.1) is 0 Å². The molecular formula is C13H10F2N2. The van der Waals surface area contributed by atoms with Crippen LogP contribution in [-0.4, -0.2) is 6.21 Å². The third kappa shape index (κ3) is 3.11.